The topological polar surface area (TPSA) is 63.7 Å². The molecule has 2 aliphatic heterocycles. The van der Waals surface area contributed by atoms with Crippen LogP contribution in [0.25, 0.3) is 0 Å². The van der Waals surface area contributed by atoms with Crippen molar-refractivity contribution in [3.8, 4) is 0 Å². The second-order valence-electron chi connectivity index (χ2n) is 6.53. The predicted octanol–water partition coefficient (Wildman–Crippen LogP) is 2.54. The standard InChI is InChI=1S/C19H18F3NO4/c1-2-27-18(26)14-7-8-23-16(14)15(24)10-12(17(23)25)9-11-3-5-13(6-4-11)19(20,21)22/h3-6,10,14,16H,2,7-9H2,1H3. The molecule has 5 nitrogen and oxygen atoms in total. The Hall–Kier alpha value is -2.64. The van der Waals surface area contributed by atoms with Gasteiger partial charge in [-0.1, -0.05) is 12.1 Å². The lowest BCUT2D eigenvalue weighted by Gasteiger charge is -2.30. The van der Waals surface area contributed by atoms with Crippen LogP contribution in [0.5, 0.6) is 0 Å². The van der Waals surface area contributed by atoms with Crippen LogP contribution >= 0.6 is 0 Å². The number of nitrogens with zero attached hydrogens (tertiary/aromatic N) is 1. The zero-order valence-electron chi connectivity index (χ0n) is 14.6. The van der Waals surface area contributed by atoms with Crippen molar-refractivity contribution in [1.29, 1.82) is 0 Å². The fourth-order valence-electron chi connectivity index (χ4n) is 3.53. The molecule has 8 heteroatoms. The average Bonchev–Trinajstić information content (AvgIpc) is 3.05. The Morgan fingerprint density at radius 3 is 2.48 bits per heavy atom. The summed E-state index contributed by atoms with van der Waals surface area (Å²) in [6.07, 6.45) is -2.82. The molecule has 1 aromatic carbocycles. The summed E-state index contributed by atoms with van der Waals surface area (Å²) in [5.41, 5.74) is -0.0707. The first-order valence-corrected chi connectivity index (χ1v) is 8.60. The number of halogens is 3. The molecule has 0 saturated carbocycles. The van der Waals surface area contributed by atoms with E-state index in [1.54, 1.807) is 6.92 Å². The van der Waals surface area contributed by atoms with Crippen molar-refractivity contribution in [3.63, 3.8) is 0 Å². The zero-order valence-corrected chi connectivity index (χ0v) is 14.6. The maximum absolute atomic E-state index is 12.7. The van der Waals surface area contributed by atoms with Crippen molar-refractivity contribution in [2.24, 2.45) is 5.92 Å². The maximum atomic E-state index is 12.7. The molecule has 2 atom stereocenters. The maximum Gasteiger partial charge on any atom is 0.416 e. The Kier molecular flexibility index (Phi) is 5.08. The van der Waals surface area contributed by atoms with Gasteiger partial charge < -0.3 is 9.64 Å². The number of rotatable bonds is 4. The second kappa shape index (κ2) is 7.17. The Labute approximate surface area is 153 Å². The summed E-state index contributed by atoms with van der Waals surface area (Å²) < 4.78 is 42.9. The van der Waals surface area contributed by atoms with Gasteiger partial charge in [-0.05, 0) is 37.1 Å². The van der Waals surface area contributed by atoms with Gasteiger partial charge in [-0.3, -0.25) is 14.4 Å². The van der Waals surface area contributed by atoms with Crippen molar-refractivity contribution >= 4 is 17.7 Å². The highest BCUT2D eigenvalue weighted by Crippen LogP contribution is 2.33. The summed E-state index contributed by atoms with van der Waals surface area (Å²) in [7, 11) is 0. The number of ketones is 1. The molecule has 2 heterocycles. The van der Waals surface area contributed by atoms with Gasteiger partial charge in [-0.25, -0.2) is 0 Å². The van der Waals surface area contributed by atoms with Gasteiger partial charge in [0.2, 0.25) is 0 Å². The van der Waals surface area contributed by atoms with E-state index in [2.05, 4.69) is 0 Å². The molecule has 1 aromatic rings. The SMILES string of the molecule is CCOC(=O)C1CCN2C(=O)C(Cc3ccc(C(F)(F)F)cc3)=CC(=O)C12. The number of carbonyl (C=O) groups excluding carboxylic acids is 3. The molecular weight excluding hydrogens is 363 g/mol. The largest absolute Gasteiger partial charge is 0.466 e. The van der Waals surface area contributed by atoms with Crippen LogP contribution in [0.15, 0.2) is 35.9 Å². The van der Waals surface area contributed by atoms with E-state index in [9.17, 15) is 27.6 Å². The van der Waals surface area contributed by atoms with Gasteiger partial charge in [-0.15, -0.1) is 0 Å². The fraction of sp³-hybridized carbons (Fsp3) is 0.421. The molecule has 0 aromatic heterocycles. The van der Waals surface area contributed by atoms with Crippen LogP contribution in [-0.4, -0.2) is 41.8 Å². The molecule has 2 unspecified atom stereocenters. The van der Waals surface area contributed by atoms with Crippen molar-refractivity contribution in [3.05, 3.63) is 47.0 Å². The number of esters is 1. The normalized spacial score (nSPS) is 22.5. The van der Waals surface area contributed by atoms with Crippen LogP contribution in [0.4, 0.5) is 13.2 Å². The highest BCUT2D eigenvalue weighted by atomic mass is 19.4. The first kappa shape index (κ1) is 19.1. The number of amides is 1. The van der Waals surface area contributed by atoms with Crippen LogP contribution in [0, 0.1) is 5.92 Å². The fourth-order valence-corrected chi connectivity index (χ4v) is 3.53. The second-order valence-corrected chi connectivity index (χ2v) is 6.53. The summed E-state index contributed by atoms with van der Waals surface area (Å²) in [6, 6.07) is 3.62. The Balaban J connectivity index is 1.78. The van der Waals surface area contributed by atoms with Crippen LogP contribution in [-0.2, 0) is 31.7 Å². The molecule has 0 radical (unpaired) electrons. The van der Waals surface area contributed by atoms with Crippen LogP contribution in [0.1, 0.15) is 24.5 Å². The molecule has 0 bridgehead atoms. The molecule has 0 spiro atoms. The smallest absolute Gasteiger partial charge is 0.416 e. The van der Waals surface area contributed by atoms with Gasteiger partial charge in [0.05, 0.1) is 18.1 Å². The first-order valence-electron chi connectivity index (χ1n) is 8.60. The minimum absolute atomic E-state index is 0.0516. The monoisotopic (exact) mass is 381 g/mol. The van der Waals surface area contributed by atoms with Gasteiger partial charge in [0.1, 0.15) is 6.04 Å². The number of benzene rings is 1. The number of hydrogen-bond acceptors (Lipinski definition) is 4. The van der Waals surface area contributed by atoms with E-state index >= 15 is 0 Å². The van der Waals surface area contributed by atoms with Crippen LogP contribution in [0.2, 0.25) is 0 Å². The van der Waals surface area contributed by atoms with E-state index in [1.807, 2.05) is 0 Å². The lowest BCUT2D eigenvalue weighted by Crippen LogP contribution is -2.48. The minimum atomic E-state index is -4.43. The summed E-state index contributed by atoms with van der Waals surface area (Å²) in [5.74, 6) is -1.89. The van der Waals surface area contributed by atoms with Crippen LogP contribution in [0.3, 0.4) is 0 Å². The quantitative estimate of drug-likeness (QED) is 0.752. The van der Waals surface area contributed by atoms with Gasteiger partial charge in [0.25, 0.3) is 5.91 Å². The molecule has 1 fully saturated rings. The van der Waals surface area contributed by atoms with E-state index in [0.717, 1.165) is 12.1 Å². The van der Waals surface area contributed by atoms with E-state index in [-0.39, 0.29) is 36.8 Å². The minimum Gasteiger partial charge on any atom is -0.466 e. The summed E-state index contributed by atoms with van der Waals surface area (Å²) in [6.45, 7) is 2.13. The number of alkyl halides is 3. The number of carbonyl (C=O) groups is 3. The van der Waals surface area contributed by atoms with E-state index in [1.165, 1.54) is 23.1 Å². The highest BCUT2D eigenvalue weighted by molar-refractivity contribution is 6.11. The third kappa shape index (κ3) is 3.74. The molecule has 1 saturated heterocycles. The molecule has 3 rings (SSSR count). The lowest BCUT2D eigenvalue weighted by molar-refractivity contribution is -0.151. The molecular formula is C19H18F3NO4. The lowest BCUT2D eigenvalue weighted by atomic mass is 9.91. The van der Waals surface area contributed by atoms with Crippen molar-refractivity contribution in [2.75, 3.05) is 13.2 Å². The Morgan fingerprint density at radius 2 is 1.89 bits per heavy atom. The molecule has 0 N–H and O–H groups in total. The van der Waals surface area contributed by atoms with Gasteiger partial charge in [0.15, 0.2) is 5.78 Å². The number of hydrogen-bond donors (Lipinski definition) is 0. The number of fused-ring (bicyclic) bond motifs is 1. The van der Waals surface area contributed by atoms with Crippen LogP contribution < -0.4 is 0 Å². The van der Waals surface area contributed by atoms with E-state index in [0.29, 0.717) is 12.0 Å². The molecule has 2 aliphatic rings. The number of ether oxygens (including phenoxy) is 1. The summed E-state index contributed by atoms with van der Waals surface area (Å²) in [4.78, 5) is 38.6. The van der Waals surface area contributed by atoms with Crippen molar-refractivity contribution < 1.29 is 32.3 Å². The molecule has 0 aliphatic carbocycles. The Bertz CT molecular complexity index is 798. The van der Waals surface area contributed by atoms with Gasteiger partial charge in [-0.2, -0.15) is 13.2 Å². The Morgan fingerprint density at radius 1 is 1.22 bits per heavy atom. The summed E-state index contributed by atoms with van der Waals surface area (Å²) >= 11 is 0. The third-order valence-corrected chi connectivity index (χ3v) is 4.81. The first-order chi connectivity index (χ1) is 12.7. The molecule has 144 valence electrons. The highest BCUT2D eigenvalue weighted by Gasteiger charge is 2.48. The van der Waals surface area contributed by atoms with Crippen molar-refractivity contribution in [2.45, 2.75) is 32.0 Å². The zero-order chi connectivity index (χ0) is 19.8. The molecule has 1 amide bonds. The van der Waals surface area contributed by atoms with Gasteiger partial charge in [0, 0.05) is 18.5 Å². The predicted molar refractivity (Wildman–Crippen MR) is 88.5 cm³/mol. The average molecular weight is 381 g/mol. The van der Waals surface area contributed by atoms with Crippen molar-refractivity contribution in [1.82, 2.24) is 4.90 Å². The van der Waals surface area contributed by atoms with E-state index < -0.39 is 29.7 Å². The summed E-state index contributed by atoms with van der Waals surface area (Å²) in [5, 5.41) is 0. The molecule has 27 heavy (non-hydrogen) atoms. The third-order valence-electron chi connectivity index (χ3n) is 4.81. The van der Waals surface area contributed by atoms with E-state index in [4.69, 9.17) is 4.74 Å². The van der Waals surface area contributed by atoms with Gasteiger partial charge >= 0.3 is 12.1 Å².